The Kier molecular flexibility index (Phi) is 21.9. The summed E-state index contributed by atoms with van der Waals surface area (Å²) in [7, 11) is -6.94. The number of nitriles is 2. The van der Waals surface area contributed by atoms with Crippen molar-refractivity contribution in [3.8, 4) is 12.4 Å². The minimum Gasteiger partial charge on any atom is -0.327 e. The van der Waals surface area contributed by atoms with Gasteiger partial charge in [0, 0.05) is 6.54 Å². The average Bonchev–Trinajstić information content (AvgIpc) is 2.79. The number of rotatable bonds is 9. The van der Waals surface area contributed by atoms with E-state index in [1.54, 1.807) is 20.0 Å². The number of hydrogen-bond acceptors (Lipinski definition) is 9. The maximum atomic E-state index is 11.8. The normalized spacial score (nSPS) is 11.2. The molecule has 0 aliphatic carbocycles. The van der Waals surface area contributed by atoms with Crippen LogP contribution >= 0.6 is 12.2 Å². The molecule has 0 rings (SSSR count). The monoisotopic (exact) mass is 634 g/mol. The van der Waals surface area contributed by atoms with E-state index in [0.29, 0.717) is 24.9 Å². The molecule has 0 atom stereocenters. The van der Waals surface area contributed by atoms with Crippen LogP contribution in [0.15, 0.2) is 27.3 Å². The number of thiocarbonyl (C=S) groups is 1. The Balaban J connectivity index is -0.000000583. The second-order valence-corrected chi connectivity index (χ2v) is 15.3. The highest BCUT2D eigenvalue weighted by molar-refractivity contribution is 7.92. The van der Waals surface area contributed by atoms with Gasteiger partial charge in [-0.3, -0.25) is 20.1 Å². The molecule has 0 aromatic carbocycles. The van der Waals surface area contributed by atoms with Gasteiger partial charge in [-0.2, -0.15) is 10.5 Å². The fraction of sp³-hybridized carbons (Fsp3) is 0.692. The van der Waals surface area contributed by atoms with Gasteiger partial charge in [0.05, 0.1) is 17.0 Å². The van der Waals surface area contributed by atoms with E-state index in [-0.39, 0.29) is 11.1 Å². The van der Waals surface area contributed by atoms with Crippen molar-refractivity contribution in [2.45, 2.75) is 93.6 Å². The first-order chi connectivity index (χ1) is 18.6. The van der Waals surface area contributed by atoms with E-state index in [4.69, 9.17) is 16.3 Å². The summed E-state index contributed by atoms with van der Waals surface area (Å²) < 4.78 is 50.0. The first kappa shape index (κ1) is 42.7. The standard InChI is InChI=1S/C13H24N4O2S.C8H17N.C5H9N3O2S2/c1-9(2)12(10(3)4)7-15-13(16-8-14)17-20(18,19)11(5)6;1-6(2)8(5-9)7(3)4;1-4(2)12(9,10)8-5(11)7-3-6/h9,11H,7H2,1-6H3,(H2,15,16,17);6H,5,9H2,1-4H3;4H,1-2H3,(H2,7,8,11). The Bertz CT molecular complexity index is 1210. The van der Waals surface area contributed by atoms with Gasteiger partial charge in [-0.05, 0) is 85.0 Å². The Morgan fingerprint density at radius 3 is 1.41 bits per heavy atom. The SMILES string of the molecule is CC(C)=C(CN)C(C)C.CC(C)=C(CN=C(NC#N)NS(=O)(=O)C(C)C)C(C)C.CC(C)S(=O)(=O)NC(=S)NC#N. The van der Waals surface area contributed by atoms with Crippen molar-refractivity contribution < 1.29 is 16.8 Å². The van der Waals surface area contributed by atoms with Gasteiger partial charge in [0.2, 0.25) is 26.0 Å². The number of aliphatic imine (C=N–C) groups is 1. The van der Waals surface area contributed by atoms with Crippen molar-refractivity contribution in [2.24, 2.45) is 22.6 Å². The topological polar surface area (TPSA) is 202 Å². The molecular formula is C26H50N8O4S3. The van der Waals surface area contributed by atoms with Crippen LogP contribution in [0.5, 0.6) is 0 Å². The maximum Gasteiger partial charge on any atom is 0.237 e. The molecule has 15 heteroatoms. The largest absolute Gasteiger partial charge is 0.327 e. The summed E-state index contributed by atoms with van der Waals surface area (Å²) in [4.78, 5) is 4.16. The van der Waals surface area contributed by atoms with Gasteiger partial charge in [0.1, 0.15) is 0 Å². The predicted molar refractivity (Wildman–Crippen MR) is 172 cm³/mol. The molecule has 0 unspecified atom stereocenters. The number of allylic oxidation sites excluding steroid dienone is 2. The van der Waals surface area contributed by atoms with Crippen molar-refractivity contribution in [3.05, 3.63) is 22.3 Å². The Morgan fingerprint density at radius 1 is 0.756 bits per heavy atom. The molecule has 236 valence electrons. The molecule has 0 spiro atoms. The molecular weight excluding hydrogens is 585 g/mol. The van der Waals surface area contributed by atoms with Gasteiger partial charge < -0.3 is 5.73 Å². The lowest BCUT2D eigenvalue weighted by atomic mass is 9.99. The van der Waals surface area contributed by atoms with Gasteiger partial charge in [-0.1, -0.05) is 44.4 Å². The Hall–Kier alpha value is -2.72. The average molecular weight is 635 g/mol. The van der Waals surface area contributed by atoms with Gasteiger partial charge >= 0.3 is 0 Å². The Morgan fingerprint density at radius 2 is 1.15 bits per heavy atom. The van der Waals surface area contributed by atoms with Gasteiger partial charge in [0.25, 0.3) is 0 Å². The molecule has 6 N–H and O–H groups in total. The molecule has 41 heavy (non-hydrogen) atoms. The highest BCUT2D eigenvalue weighted by Crippen LogP contribution is 2.15. The highest BCUT2D eigenvalue weighted by atomic mass is 32.2. The van der Waals surface area contributed by atoms with Crippen molar-refractivity contribution in [2.75, 3.05) is 13.1 Å². The zero-order valence-corrected chi connectivity index (χ0v) is 28.9. The quantitative estimate of drug-likeness (QED) is 0.0625. The second kappa shape index (κ2) is 21.1. The molecule has 0 aromatic rings. The smallest absolute Gasteiger partial charge is 0.237 e. The molecule has 0 heterocycles. The second-order valence-electron chi connectivity index (χ2n) is 10.4. The summed E-state index contributed by atoms with van der Waals surface area (Å²) in [6, 6.07) is 0. The first-order valence-electron chi connectivity index (χ1n) is 13.0. The van der Waals surface area contributed by atoms with Crippen molar-refractivity contribution in [1.82, 2.24) is 20.1 Å². The lowest BCUT2D eigenvalue weighted by Crippen LogP contribution is -2.42. The third-order valence-corrected chi connectivity index (χ3v) is 9.15. The molecule has 0 radical (unpaired) electrons. The van der Waals surface area contributed by atoms with Crippen LogP contribution in [0.4, 0.5) is 0 Å². The van der Waals surface area contributed by atoms with Gasteiger partial charge in [-0.25, -0.2) is 21.8 Å². The third-order valence-electron chi connectivity index (χ3n) is 5.36. The molecule has 0 saturated carbocycles. The molecule has 0 amide bonds. The molecule has 12 nitrogen and oxygen atoms in total. The van der Waals surface area contributed by atoms with Crippen LogP contribution < -0.4 is 25.8 Å². The molecule has 0 aliphatic rings. The molecule has 0 fully saturated rings. The van der Waals surface area contributed by atoms with Gasteiger partial charge in [-0.15, -0.1) is 0 Å². The van der Waals surface area contributed by atoms with Crippen molar-refractivity contribution in [3.63, 3.8) is 0 Å². The maximum absolute atomic E-state index is 11.8. The van der Waals surface area contributed by atoms with Crippen LogP contribution in [0.25, 0.3) is 0 Å². The number of nitrogens with zero attached hydrogens (tertiary/aromatic N) is 3. The van der Waals surface area contributed by atoms with E-state index < -0.39 is 30.5 Å². The van der Waals surface area contributed by atoms with E-state index in [9.17, 15) is 16.8 Å². The van der Waals surface area contributed by atoms with Crippen LogP contribution in [0, 0.1) is 34.7 Å². The van der Waals surface area contributed by atoms with Crippen LogP contribution in [0.1, 0.15) is 83.1 Å². The van der Waals surface area contributed by atoms with E-state index in [0.717, 1.165) is 11.1 Å². The van der Waals surface area contributed by atoms with E-state index >= 15 is 0 Å². The van der Waals surface area contributed by atoms with Crippen LogP contribution in [0.2, 0.25) is 0 Å². The summed E-state index contributed by atoms with van der Waals surface area (Å²) in [6.45, 7) is 23.8. The summed E-state index contributed by atoms with van der Waals surface area (Å²) in [5, 5.41) is 19.7. The fourth-order valence-corrected chi connectivity index (χ4v) is 4.39. The fourth-order valence-electron chi connectivity index (χ4n) is 2.83. The van der Waals surface area contributed by atoms with Crippen LogP contribution in [0.3, 0.4) is 0 Å². The molecule has 0 aromatic heterocycles. The van der Waals surface area contributed by atoms with E-state index in [2.05, 4.69) is 54.9 Å². The number of nitrogens with one attached hydrogen (secondary N) is 4. The zero-order valence-electron chi connectivity index (χ0n) is 26.5. The molecule has 0 saturated heterocycles. The number of nitrogens with two attached hydrogens (primary N) is 1. The Labute approximate surface area is 254 Å². The van der Waals surface area contributed by atoms with Crippen LogP contribution in [-0.4, -0.2) is 51.5 Å². The van der Waals surface area contributed by atoms with Crippen LogP contribution in [-0.2, 0) is 20.0 Å². The first-order valence-corrected chi connectivity index (χ1v) is 16.5. The summed E-state index contributed by atoms with van der Waals surface area (Å²) in [5.74, 6) is 0.884. The van der Waals surface area contributed by atoms with Crippen molar-refractivity contribution >= 4 is 43.3 Å². The summed E-state index contributed by atoms with van der Waals surface area (Å²) in [5.41, 5.74) is 10.5. The van der Waals surface area contributed by atoms with E-state index in [1.165, 1.54) is 31.2 Å². The minimum atomic E-state index is -3.52. The predicted octanol–water partition coefficient (Wildman–Crippen LogP) is 3.34. The van der Waals surface area contributed by atoms with E-state index in [1.807, 2.05) is 37.7 Å². The van der Waals surface area contributed by atoms with Gasteiger partial charge in [0.15, 0.2) is 17.5 Å². The lowest BCUT2D eigenvalue weighted by molar-refractivity contribution is 0.581. The summed E-state index contributed by atoms with van der Waals surface area (Å²) >= 11 is 4.50. The number of hydrogen-bond donors (Lipinski definition) is 5. The van der Waals surface area contributed by atoms with Crippen molar-refractivity contribution in [1.29, 1.82) is 10.5 Å². The molecule has 0 bridgehead atoms. The lowest BCUT2D eigenvalue weighted by Gasteiger charge is -2.14. The summed E-state index contributed by atoms with van der Waals surface area (Å²) in [6.07, 6.45) is 3.20. The third kappa shape index (κ3) is 19.9. The minimum absolute atomic E-state index is 0.0411. The molecule has 0 aliphatic heterocycles. The zero-order chi connectivity index (χ0) is 33.1. The number of guanidine groups is 1. The highest BCUT2D eigenvalue weighted by Gasteiger charge is 2.18. The number of sulfonamides is 2.